The molecule has 3 rings (SSSR count). The van der Waals surface area contributed by atoms with E-state index in [9.17, 15) is 9.59 Å². The first-order valence-corrected chi connectivity index (χ1v) is 11.9. The Morgan fingerprint density at radius 1 is 0.941 bits per heavy atom. The Kier molecular flexibility index (Phi) is 7.84. The van der Waals surface area contributed by atoms with Crippen LogP contribution in [-0.4, -0.2) is 44.5 Å². The maximum absolute atomic E-state index is 12.2. The number of hydrogen-bond donors (Lipinski definition) is 2. The zero-order valence-electron chi connectivity index (χ0n) is 21.0. The summed E-state index contributed by atoms with van der Waals surface area (Å²) >= 11 is 0. The average molecular weight is 469 g/mol. The maximum Gasteiger partial charge on any atom is 0.407 e. The molecule has 1 aromatic heterocycles. The first-order valence-electron chi connectivity index (χ1n) is 11.9. The van der Waals surface area contributed by atoms with E-state index in [1.165, 1.54) is 0 Å². The Morgan fingerprint density at radius 2 is 1.56 bits per heavy atom. The number of alkyl carbamates (subject to hydrolysis) is 1. The Balaban J connectivity index is 1.64. The fourth-order valence-corrected chi connectivity index (χ4v) is 3.79. The number of ether oxygens (including phenoxy) is 1. The minimum absolute atomic E-state index is 0.0499. The van der Waals surface area contributed by atoms with Crippen LogP contribution in [0.4, 0.5) is 10.5 Å². The maximum atomic E-state index is 12.2. The van der Waals surface area contributed by atoms with Crippen molar-refractivity contribution in [3.8, 4) is 11.4 Å². The second-order valence-corrected chi connectivity index (χ2v) is 11.0. The average Bonchev–Trinajstić information content (AvgIpc) is 2.77. The van der Waals surface area contributed by atoms with Crippen LogP contribution in [0.15, 0.2) is 24.3 Å². The van der Waals surface area contributed by atoms with Crippen LogP contribution < -0.4 is 10.6 Å². The molecule has 0 bridgehead atoms. The summed E-state index contributed by atoms with van der Waals surface area (Å²) < 4.78 is 5.49. The third kappa shape index (κ3) is 7.20. The van der Waals surface area contributed by atoms with Gasteiger partial charge in [0.25, 0.3) is 0 Å². The predicted octanol–water partition coefficient (Wildman–Crippen LogP) is 4.72. The molecule has 1 fully saturated rings. The summed E-state index contributed by atoms with van der Waals surface area (Å²) in [7, 11) is 0. The molecule has 0 aliphatic heterocycles. The zero-order chi connectivity index (χ0) is 24.9. The van der Waals surface area contributed by atoms with Crippen LogP contribution in [0.5, 0.6) is 0 Å². The van der Waals surface area contributed by atoms with Gasteiger partial charge in [-0.25, -0.2) is 4.79 Å². The predicted molar refractivity (Wildman–Crippen MR) is 130 cm³/mol. The molecule has 2 amide bonds. The molecule has 184 valence electrons. The fraction of sp³-hybridized carbons (Fsp3) is 0.600. The Bertz CT molecular complexity index is 978. The van der Waals surface area contributed by atoms with Crippen molar-refractivity contribution in [2.24, 2.45) is 11.3 Å². The summed E-state index contributed by atoms with van der Waals surface area (Å²) in [5, 5.41) is 23.1. The van der Waals surface area contributed by atoms with Crippen LogP contribution >= 0.6 is 0 Å². The molecule has 9 nitrogen and oxygen atoms in total. The van der Waals surface area contributed by atoms with Crippen LogP contribution in [0.25, 0.3) is 11.4 Å². The molecule has 1 aliphatic carbocycles. The standard InChI is InChI=1S/C25H36N6O3/c1-24(2,3)22(32)26-18-13-11-16(12-14-18)20-28-30-21(31-29-20)19-10-8-7-9-17(19)15-34-23(33)27-25(4,5)6/h11-14,17,19H,7-10,15H2,1-6H3,(H,26,32)(H,27,33). The Hall–Kier alpha value is -3.10. The number of anilines is 1. The van der Waals surface area contributed by atoms with Gasteiger partial charge in [0, 0.05) is 34.0 Å². The molecule has 2 atom stereocenters. The lowest BCUT2D eigenvalue weighted by molar-refractivity contribution is -0.123. The molecule has 1 aliphatic rings. The molecular weight excluding hydrogens is 432 g/mol. The van der Waals surface area contributed by atoms with Gasteiger partial charge < -0.3 is 15.4 Å². The molecule has 34 heavy (non-hydrogen) atoms. The zero-order valence-corrected chi connectivity index (χ0v) is 21.0. The van der Waals surface area contributed by atoms with Crippen LogP contribution in [0.2, 0.25) is 0 Å². The highest BCUT2D eigenvalue weighted by molar-refractivity contribution is 5.94. The van der Waals surface area contributed by atoms with Gasteiger partial charge in [-0.2, -0.15) is 0 Å². The van der Waals surface area contributed by atoms with E-state index in [2.05, 4.69) is 31.0 Å². The lowest BCUT2D eigenvalue weighted by Gasteiger charge is -2.30. The van der Waals surface area contributed by atoms with Crippen LogP contribution in [0.3, 0.4) is 0 Å². The van der Waals surface area contributed by atoms with Gasteiger partial charge in [0.15, 0.2) is 5.82 Å². The second-order valence-electron chi connectivity index (χ2n) is 11.0. The highest BCUT2D eigenvalue weighted by atomic mass is 16.5. The number of amides is 2. The van der Waals surface area contributed by atoms with Gasteiger partial charge >= 0.3 is 6.09 Å². The van der Waals surface area contributed by atoms with Crippen LogP contribution in [0.1, 0.15) is 79.0 Å². The van der Waals surface area contributed by atoms with E-state index in [0.717, 1.165) is 31.2 Å². The van der Waals surface area contributed by atoms with Crippen LogP contribution in [-0.2, 0) is 9.53 Å². The van der Waals surface area contributed by atoms with Gasteiger partial charge in [0.1, 0.15) is 0 Å². The second kappa shape index (κ2) is 10.4. The summed E-state index contributed by atoms with van der Waals surface area (Å²) in [6, 6.07) is 7.30. The highest BCUT2D eigenvalue weighted by Crippen LogP contribution is 2.36. The van der Waals surface area contributed by atoms with Gasteiger partial charge in [0.2, 0.25) is 11.7 Å². The molecule has 2 unspecified atom stereocenters. The summed E-state index contributed by atoms with van der Waals surface area (Å²) in [6.07, 6.45) is 3.61. The number of hydrogen-bond acceptors (Lipinski definition) is 7. The largest absolute Gasteiger partial charge is 0.449 e. The first kappa shape index (κ1) is 25.5. The molecule has 0 spiro atoms. The van der Waals surface area contributed by atoms with Crippen molar-refractivity contribution in [1.29, 1.82) is 0 Å². The van der Waals surface area contributed by atoms with Gasteiger partial charge in [-0.05, 0) is 57.9 Å². The van der Waals surface area contributed by atoms with E-state index < -0.39 is 11.5 Å². The molecule has 9 heteroatoms. The Morgan fingerprint density at radius 3 is 2.15 bits per heavy atom. The summed E-state index contributed by atoms with van der Waals surface area (Å²) in [4.78, 5) is 24.2. The highest BCUT2D eigenvalue weighted by Gasteiger charge is 2.31. The Labute approximate surface area is 201 Å². The molecule has 2 N–H and O–H groups in total. The molecule has 0 saturated heterocycles. The van der Waals surface area contributed by atoms with Crippen molar-refractivity contribution >= 4 is 17.7 Å². The lowest BCUT2D eigenvalue weighted by atomic mass is 9.79. The molecule has 1 saturated carbocycles. The van der Waals surface area contributed by atoms with Crippen molar-refractivity contribution < 1.29 is 14.3 Å². The molecule has 0 radical (unpaired) electrons. The van der Waals surface area contributed by atoms with Crippen LogP contribution in [0, 0.1) is 11.3 Å². The van der Waals surface area contributed by atoms with Gasteiger partial charge in [-0.1, -0.05) is 33.6 Å². The summed E-state index contributed by atoms with van der Waals surface area (Å²) in [5.74, 6) is 1.15. The van der Waals surface area contributed by atoms with Crippen molar-refractivity contribution in [2.45, 2.75) is 78.7 Å². The smallest absolute Gasteiger partial charge is 0.407 e. The SMILES string of the molecule is CC(C)(C)NC(=O)OCC1CCCCC1c1nnc(-c2ccc(NC(=O)C(C)(C)C)cc2)nn1. The lowest BCUT2D eigenvalue weighted by Crippen LogP contribution is -2.41. The number of carbonyl (C=O) groups excluding carboxylic acids is 2. The van der Waals surface area contributed by atoms with Gasteiger partial charge in [-0.15, -0.1) is 20.4 Å². The minimum Gasteiger partial charge on any atom is -0.449 e. The number of aromatic nitrogens is 4. The van der Waals surface area contributed by atoms with E-state index in [1.807, 2.05) is 65.8 Å². The molecule has 1 aromatic carbocycles. The topological polar surface area (TPSA) is 119 Å². The van der Waals surface area contributed by atoms with Crippen molar-refractivity contribution in [3.05, 3.63) is 30.1 Å². The van der Waals surface area contributed by atoms with E-state index in [0.29, 0.717) is 23.9 Å². The normalized spacial score (nSPS) is 18.8. The third-order valence-electron chi connectivity index (χ3n) is 5.72. The van der Waals surface area contributed by atoms with E-state index >= 15 is 0 Å². The number of benzene rings is 1. The van der Waals surface area contributed by atoms with E-state index in [4.69, 9.17) is 4.74 Å². The fourth-order valence-electron chi connectivity index (χ4n) is 3.79. The number of carbonyl (C=O) groups is 2. The quantitative estimate of drug-likeness (QED) is 0.652. The molecule has 1 heterocycles. The molecule has 2 aromatic rings. The van der Waals surface area contributed by atoms with E-state index in [-0.39, 0.29) is 23.3 Å². The third-order valence-corrected chi connectivity index (χ3v) is 5.72. The van der Waals surface area contributed by atoms with Crippen molar-refractivity contribution in [3.63, 3.8) is 0 Å². The summed E-state index contributed by atoms with van der Waals surface area (Å²) in [6.45, 7) is 11.7. The van der Waals surface area contributed by atoms with Crippen molar-refractivity contribution in [1.82, 2.24) is 25.7 Å². The van der Waals surface area contributed by atoms with Crippen molar-refractivity contribution in [2.75, 3.05) is 11.9 Å². The minimum atomic E-state index is -0.468. The first-order chi connectivity index (χ1) is 15.9. The number of rotatable bonds is 5. The monoisotopic (exact) mass is 468 g/mol. The number of nitrogens with one attached hydrogen (secondary N) is 2. The number of nitrogens with zero attached hydrogens (tertiary/aromatic N) is 4. The van der Waals surface area contributed by atoms with Gasteiger partial charge in [0.05, 0.1) is 6.61 Å². The van der Waals surface area contributed by atoms with E-state index in [1.54, 1.807) is 0 Å². The molecular formula is C25H36N6O3. The summed E-state index contributed by atoms with van der Waals surface area (Å²) in [5.41, 5.74) is 0.667. The van der Waals surface area contributed by atoms with Gasteiger partial charge in [-0.3, -0.25) is 4.79 Å².